The fraction of sp³-hybridized carbons (Fsp3) is 0.429. The minimum atomic E-state index is -0.0921. The third kappa shape index (κ3) is 2.13. The summed E-state index contributed by atoms with van der Waals surface area (Å²) in [5.74, 6) is 2.52. The zero-order valence-corrected chi connectivity index (χ0v) is 11.7. The van der Waals surface area contributed by atoms with Crippen molar-refractivity contribution < 1.29 is 9.26 Å². The average molecular weight is 289 g/mol. The lowest BCUT2D eigenvalue weighted by atomic mass is 10.0. The first-order valence-electron chi connectivity index (χ1n) is 6.79. The van der Waals surface area contributed by atoms with Crippen LogP contribution in [0.2, 0.25) is 0 Å². The highest BCUT2D eigenvalue weighted by atomic mass is 32.2. The standard InChI is InChI=1S/C14H15N3O2S/c1-2-4-12-9(3-1)10(8-20-12)14-16-13(17-19-14)11-7-15-5-6-18-11/h1-4,10-11,15H,5-8H2. The predicted molar refractivity (Wildman–Crippen MR) is 74.9 cm³/mol. The Kier molecular flexibility index (Phi) is 3.22. The lowest BCUT2D eigenvalue weighted by Crippen LogP contribution is -2.33. The number of rotatable bonds is 2. The van der Waals surface area contributed by atoms with Gasteiger partial charge in [-0.25, -0.2) is 0 Å². The van der Waals surface area contributed by atoms with Gasteiger partial charge in [0.15, 0.2) is 0 Å². The molecule has 0 spiro atoms. The van der Waals surface area contributed by atoms with E-state index in [0.29, 0.717) is 18.3 Å². The van der Waals surface area contributed by atoms with E-state index >= 15 is 0 Å². The molecule has 1 saturated heterocycles. The molecular formula is C14H15N3O2S. The highest BCUT2D eigenvalue weighted by Crippen LogP contribution is 2.42. The Bertz CT molecular complexity index is 610. The van der Waals surface area contributed by atoms with E-state index in [1.165, 1.54) is 10.5 Å². The average Bonchev–Trinajstić information content (AvgIpc) is 3.14. The molecule has 5 nitrogen and oxygen atoms in total. The van der Waals surface area contributed by atoms with E-state index < -0.39 is 0 Å². The van der Waals surface area contributed by atoms with Gasteiger partial charge in [0.05, 0.1) is 12.5 Å². The largest absolute Gasteiger partial charge is 0.367 e. The van der Waals surface area contributed by atoms with Crippen LogP contribution < -0.4 is 5.32 Å². The number of thioether (sulfide) groups is 1. The van der Waals surface area contributed by atoms with Gasteiger partial charge in [-0.2, -0.15) is 4.98 Å². The number of hydrogen-bond acceptors (Lipinski definition) is 6. The van der Waals surface area contributed by atoms with E-state index in [4.69, 9.17) is 9.26 Å². The highest BCUT2D eigenvalue weighted by molar-refractivity contribution is 7.99. The Balaban J connectivity index is 1.59. The van der Waals surface area contributed by atoms with Crippen molar-refractivity contribution in [1.82, 2.24) is 15.5 Å². The lowest BCUT2D eigenvalue weighted by molar-refractivity contribution is 0.0208. The second-order valence-corrected chi connectivity index (χ2v) is 6.02. The highest BCUT2D eigenvalue weighted by Gasteiger charge is 2.30. The molecule has 2 aliphatic rings. The number of nitrogens with zero attached hydrogens (tertiary/aromatic N) is 2. The summed E-state index contributed by atoms with van der Waals surface area (Å²) in [6.07, 6.45) is -0.0921. The van der Waals surface area contributed by atoms with E-state index in [2.05, 4.69) is 39.7 Å². The molecule has 1 fully saturated rings. The molecular weight excluding hydrogens is 274 g/mol. The Hall–Kier alpha value is -1.37. The molecule has 1 N–H and O–H groups in total. The summed E-state index contributed by atoms with van der Waals surface area (Å²) in [6, 6.07) is 8.41. The van der Waals surface area contributed by atoms with E-state index in [-0.39, 0.29) is 12.0 Å². The van der Waals surface area contributed by atoms with Gasteiger partial charge in [0, 0.05) is 23.7 Å². The lowest BCUT2D eigenvalue weighted by Gasteiger charge is -2.20. The van der Waals surface area contributed by atoms with Crippen LogP contribution in [0.5, 0.6) is 0 Å². The molecule has 0 saturated carbocycles. The Morgan fingerprint density at radius 1 is 1.30 bits per heavy atom. The van der Waals surface area contributed by atoms with E-state index in [1.807, 2.05) is 11.8 Å². The maximum atomic E-state index is 5.66. The quantitative estimate of drug-likeness (QED) is 0.912. The summed E-state index contributed by atoms with van der Waals surface area (Å²) in [4.78, 5) is 5.87. The van der Waals surface area contributed by atoms with Gasteiger partial charge < -0.3 is 14.6 Å². The molecule has 20 heavy (non-hydrogen) atoms. The van der Waals surface area contributed by atoms with Crippen molar-refractivity contribution in [2.45, 2.75) is 16.9 Å². The zero-order valence-electron chi connectivity index (χ0n) is 10.9. The van der Waals surface area contributed by atoms with Crippen LogP contribution in [0.1, 0.15) is 29.3 Å². The Morgan fingerprint density at radius 2 is 2.25 bits per heavy atom. The number of ether oxygens (including phenoxy) is 1. The van der Waals surface area contributed by atoms with E-state index in [1.54, 1.807) is 0 Å². The van der Waals surface area contributed by atoms with Gasteiger partial charge in [-0.1, -0.05) is 23.4 Å². The zero-order chi connectivity index (χ0) is 13.4. The number of aromatic nitrogens is 2. The molecule has 104 valence electrons. The monoisotopic (exact) mass is 289 g/mol. The van der Waals surface area contributed by atoms with Crippen LogP contribution in [0.15, 0.2) is 33.7 Å². The van der Waals surface area contributed by atoms with Crippen molar-refractivity contribution >= 4 is 11.8 Å². The minimum Gasteiger partial charge on any atom is -0.367 e. The first kappa shape index (κ1) is 12.4. The fourth-order valence-corrected chi connectivity index (χ4v) is 3.84. The van der Waals surface area contributed by atoms with Gasteiger partial charge in [0.2, 0.25) is 11.7 Å². The van der Waals surface area contributed by atoms with Crippen LogP contribution in [-0.2, 0) is 4.74 Å². The summed E-state index contributed by atoms with van der Waals surface area (Å²) >= 11 is 1.84. The number of nitrogens with one attached hydrogen (secondary N) is 1. The van der Waals surface area contributed by atoms with Crippen LogP contribution in [0.4, 0.5) is 0 Å². The SMILES string of the molecule is c1ccc2c(c1)SCC2c1nc(C2CNCCO2)no1. The Morgan fingerprint density at radius 3 is 3.15 bits per heavy atom. The first-order valence-corrected chi connectivity index (χ1v) is 7.78. The molecule has 2 aliphatic heterocycles. The second kappa shape index (κ2) is 5.20. The molecule has 6 heteroatoms. The molecule has 3 heterocycles. The third-order valence-corrected chi connectivity index (χ3v) is 4.85. The van der Waals surface area contributed by atoms with Crippen LogP contribution in [0, 0.1) is 0 Å². The molecule has 2 unspecified atom stereocenters. The summed E-state index contributed by atoms with van der Waals surface area (Å²) in [7, 11) is 0. The summed E-state index contributed by atoms with van der Waals surface area (Å²) in [5.41, 5.74) is 1.29. The van der Waals surface area contributed by atoms with Crippen molar-refractivity contribution in [3.8, 4) is 0 Å². The maximum absolute atomic E-state index is 5.66. The molecule has 4 rings (SSSR count). The second-order valence-electron chi connectivity index (χ2n) is 4.96. The van der Waals surface area contributed by atoms with Crippen molar-refractivity contribution in [2.24, 2.45) is 0 Å². The van der Waals surface area contributed by atoms with E-state index in [9.17, 15) is 0 Å². The molecule has 1 aromatic heterocycles. The van der Waals surface area contributed by atoms with Crippen molar-refractivity contribution in [3.05, 3.63) is 41.5 Å². The van der Waals surface area contributed by atoms with Crippen molar-refractivity contribution in [1.29, 1.82) is 0 Å². The van der Waals surface area contributed by atoms with Crippen LogP contribution in [0.25, 0.3) is 0 Å². The van der Waals surface area contributed by atoms with E-state index in [0.717, 1.165) is 18.8 Å². The summed E-state index contributed by atoms with van der Waals surface area (Å²) in [6.45, 7) is 2.32. The molecule has 2 atom stereocenters. The number of fused-ring (bicyclic) bond motifs is 1. The van der Waals surface area contributed by atoms with Gasteiger partial charge >= 0.3 is 0 Å². The minimum absolute atomic E-state index is 0.0921. The van der Waals surface area contributed by atoms with Gasteiger partial charge in [0.25, 0.3) is 0 Å². The van der Waals surface area contributed by atoms with Crippen molar-refractivity contribution in [2.75, 3.05) is 25.4 Å². The number of morpholine rings is 1. The van der Waals surface area contributed by atoms with Gasteiger partial charge in [0.1, 0.15) is 6.10 Å². The normalized spacial score (nSPS) is 25.6. The molecule has 0 bridgehead atoms. The smallest absolute Gasteiger partial charge is 0.235 e. The number of hydrogen-bond donors (Lipinski definition) is 1. The van der Waals surface area contributed by atoms with Gasteiger partial charge in [-0.05, 0) is 11.6 Å². The van der Waals surface area contributed by atoms with Gasteiger partial charge in [-0.3, -0.25) is 0 Å². The fourth-order valence-electron chi connectivity index (χ4n) is 2.62. The van der Waals surface area contributed by atoms with Crippen LogP contribution in [-0.4, -0.2) is 35.6 Å². The third-order valence-electron chi connectivity index (χ3n) is 3.67. The first-order chi connectivity index (χ1) is 9.92. The summed E-state index contributed by atoms with van der Waals surface area (Å²) < 4.78 is 11.1. The summed E-state index contributed by atoms with van der Waals surface area (Å²) in [5, 5.41) is 7.37. The maximum Gasteiger partial charge on any atom is 0.235 e. The molecule has 2 aromatic rings. The topological polar surface area (TPSA) is 60.2 Å². The van der Waals surface area contributed by atoms with Gasteiger partial charge in [-0.15, -0.1) is 11.8 Å². The Labute approximate surface area is 121 Å². The van der Waals surface area contributed by atoms with Crippen molar-refractivity contribution in [3.63, 3.8) is 0 Å². The van der Waals surface area contributed by atoms with Crippen LogP contribution >= 0.6 is 11.8 Å². The number of benzene rings is 1. The molecule has 0 aliphatic carbocycles. The molecule has 0 radical (unpaired) electrons. The van der Waals surface area contributed by atoms with Crippen LogP contribution in [0.3, 0.4) is 0 Å². The molecule has 0 amide bonds. The molecule has 1 aromatic carbocycles. The predicted octanol–water partition coefficient (Wildman–Crippen LogP) is 1.97.